The number of hydrogen-bond acceptors (Lipinski definition) is 4. The molecule has 3 heterocycles. The van der Waals surface area contributed by atoms with Crippen molar-refractivity contribution in [2.24, 2.45) is 13.0 Å². The SMILES string of the molecule is Cn1ccnc1[C@@H]1[C@@H](CNc2ccncc2Cl)CCC(=O)N1C1CC1. The third-order valence-corrected chi connectivity index (χ3v) is 5.45. The summed E-state index contributed by atoms with van der Waals surface area (Å²) in [6.45, 7) is 0.748. The lowest BCUT2D eigenvalue weighted by Gasteiger charge is -2.41. The summed E-state index contributed by atoms with van der Waals surface area (Å²) < 4.78 is 2.03. The first-order valence-electron chi connectivity index (χ1n) is 8.77. The molecule has 1 aliphatic carbocycles. The van der Waals surface area contributed by atoms with E-state index in [2.05, 4.69) is 20.2 Å². The Morgan fingerprint density at radius 3 is 2.84 bits per heavy atom. The molecular formula is C18H22ClN5O. The quantitative estimate of drug-likeness (QED) is 0.891. The minimum atomic E-state index is 0.0156. The second-order valence-corrected chi connectivity index (χ2v) is 7.32. The lowest BCUT2D eigenvalue weighted by Crippen LogP contribution is -2.46. The molecule has 0 spiro atoms. The van der Waals surface area contributed by atoms with Crippen LogP contribution in [0.5, 0.6) is 0 Å². The number of halogens is 1. The van der Waals surface area contributed by atoms with Gasteiger partial charge in [0.15, 0.2) is 0 Å². The van der Waals surface area contributed by atoms with Crippen molar-refractivity contribution in [1.29, 1.82) is 0 Å². The Hall–Kier alpha value is -2.08. The molecule has 7 heteroatoms. The first kappa shape index (κ1) is 16.4. The van der Waals surface area contributed by atoms with Crippen LogP contribution in [0.2, 0.25) is 5.02 Å². The summed E-state index contributed by atoms with van der Waals surface area (Å²) >= 11 is 6.21. The number of aromatic nitrogens is 3. The molecule has 25 heavy (non-hydrogen) atoms. The molecule has 1 saturated carbocycles. The smallest absolute Gasteiger partial charge is 0.223 e. The average Bonchev–Trinajstić information content (AvgIpc) is 3.35. The monoisotopic (exact) mass is 359 g/mol. The van der Waals surface area contributed by atoms with Gasteiger partial charge in [-0.1, -0.05) is 11.6 Å². The third-order valence-electron chi connectivity index (χ3n) is 5.15. The maximum atomic E-state index is 12.6. The van der Waals surface area contributed by atoms with Crippen LogP contribution in [-0.2, 0) is 11.8 Å². The van der Waals surface area contributed by atoms with Crippen molar-refractivity contribution in [3.8, 4) is 0 Å². The van der Waals surface area contributed by atoms with E-state index in [1.54, 1.807) is 12.4 Å². The van der Waals surface area contributed by atoms with Gasteiger partial charge in [0.1, 0.15) is 5.82 Å². The highest BCUT2D eigenvalue weighted by Gasteiger charge is 2.45. The highest BCUT2D eigenvalue weighted by Crippen LogP contribution is 2.43. The van der Waals surface area contributed by atoms with E-state index in [9.17, 15) is 4.79 Å². The fourth-order valence-electron chi connectivity index (χ4n) is 3.73. The van der Waals surface area contributed by atoms with Gasteiger partial charge >= 0.3 is 0 Å². The summed E-state index contributed by atoms with van der Waals surface area (Å²) in [6.07, 6.45) is 10.8. The fourth-order valence-corrected chi connectivity index (χ4v) is 3.92. The van der Waals surface area contributed by atoms with Crippen molar-refractivity contribution in [3.05, 3.63) is 41.7 Å². The number of anilines is 1. The zero-order chi connectivity index (χ0) is 17.4. The Morgan fingerprint density at radius 2 is 2.16 bits per heavy atom. The van der Waals surface area contributed by atoms with Gasteiger partial charge in [0.25, 0.3) is 0 Å². The molecule has 2 atom stereocenters. The Labute approximate surface area is 152 Å². The van der Waals surface area contributed by atoms with Gasteiger partial charge in [-0.05, 0) is 25.3 Å². The third kappa shape index (κ3) is 3.23. The predicted molar refractivity (Wildman–Crippen MR) is 96.3 cm³/mol. The number of hydrogen-bond donors (Lipinski definition) is 1. The molecule has 1 amide bonds. The zero-order valence-electron chi connectivity index (χ0n) is 14.2. The van der Waals surface area contributed by atoms with Gasteiger partial charge in [0, 0.05) is 56.8 Å². The molecule has 0 bridgehead atoms. The van der Waals surface area contributed by atoms with Crippen molar-refractivity contribution in [3.63, 3.8) is 0 Å². The summed E-state index contributed by atoms with van der Waals surface area (Å²) in [6, 6.07) is 2.27. The van der Waals surface area contributed by atoms with Crippen molar-refractivity contribution in [1.82, 2.24) is 19.4 Å². The molecule has 0 aromatic carbocycles. The lowest BCUT2D eigenvalue weighted by molar-refractivity contribution is -0.140. The molecule has 0 radical (unpaired) electrons. The van der Waals surface area contributed by atoms with Crippen LogP contribution in [0, 0.1) is 5.92 Å². The molecule has 2 aromatic heterocycles. The minimum Gasteiger partial charge on any atom is -0.383 e. The highest BCUT2D eigenvalue weighted by atomic mass is 35.5. The molecular weight excluding hydrogens is 338 g/mol. The number of nitrogens with one attached hydrogen (secondary N) is 1. The molecule has 0 unspecified atom stereocenters. The first-order chi connectivity index (χ1) is 12.1. The van der Waals surface area contributed by atoms with E-state index in [-0.39, 0.29) is 11.9 Å². The number of piperidine rings is 1. The summed E-state index contributed by atoms with van der Waals surface area (Å²) in [7, 11) is 2.00. The van der Waals surface area contributed by atoms with Gasteiger partial charge in [-0.3, -0.25) is 9.78 Å². The van der Waals surface area contributed by atoms with Crippen LogP contribution >= 0.6 is 11.6 Å². The predicted octanol–water partition coefficient (Wildman–Crippen LogP) is 3.02. The lowest BCUT2D eigenvalue weighted by atomic mass is 9.87. The standard InChI is InChI=1S/C18H22ClN5O/c1-23-9-8-21-18(23)17-12(2-5-16(25)24(17)13-3-4-13)10-22-15-6-7-20-11-14(15)19/h6-9,11-13,17H,2-5,10H2,1H3,(H,20,22)/t12-,17+/m1/s1. The van der Waals surface area contributed by atoms with Crippen molar-refractivity contribution < 1.29 is 4.79 Å². The second-order valence-electron chi connectivity index (χ2n) is 6.91. The van der Waals surface area contributed by atoms with Crippen molar-refractivity contribution >= 4 is 23.2 Å². The van der Waals surface area contributed by atoms with Crippen LogP contribution in [0.25, 0.3) is 0 Å². The van der Waals surface area contributed by atoms with Gasteiger partial charge in [-0.25, -0.2) is 4.98 Å². The number of amides is 1. The van der Waals surface area contributed by atoms with E-state index in [0.717, 1.165) is 37.3 Å². The van der Waals surface area contributed by atoms with E-state index in [1.807, 2.05) is 30.1 Å². The number of carbonyl (C=O) groups excluding carboxylic acids is 1. The van der Waals surface area contributed by atoms with Crippen LogP contribution in [0.15, 0.2) is 30.9 Å². The number of imidazole rings is 1. The van der Waals surface area contributed by atoms with Gasteiger partial charge in [-0.2, -0.15) is 0 Å². The Balaban J connectivity index is 1.59. The first-order valence-corrected chi connectivity index (χ1v) is 9.14. The van der Waals surface area contributed by atoms with E-state index >= 15 is 0 Å². The summed E-state index contributed by atoms with van der Waals surface area (Å²) in [4.78, 5) is 23.3. The van der Waals surface area contributed by atoms with E-state index in [0.29, 0.717) is 23.4 Å². The van der Waals surface area contributed by atoms with E-state index in [1.165, 1.54) is 0 Å². The molecule has 1 saturated heterocycles. The van der Waals surface area contributed by atoms with Crippen LogP contribution in [-0.4, -0.2) is 37.9 Å². The van der Waals surface area contributed by atoms with Crippen molar-refractivity contribution in [2.75, 3.05) is 11.9 Å². The van der Waals surface area contributed by atoms with Gasteiger partial charge < -0.3 is 14.8 Å². The number of nitrogens with zero attached hydrogens (tertiary/aromatic N) is 4. The fraction of sp³-hybridized carbons (Fsp3) is 0.500. The van der Waals surface area contributed by atoms with E-state index < -0.39 is 0 Å². The molecule has 4 rings (SSSR count). The zero-order valence-corrected chi connectivity index (χ0v) is 15.0. The maximum Gasteiger partial charge on any atom is 0.223 e. The maximum absolute atomic E-state index is 12.6. The summed E-state index contributed by atoms with van der Waals surface area (Å²) in [5, 5.41) is 4.05. The number of rotatable bonds is 5. The topological polar surface area (TPSA) is 63.1 Å². The molecule has 1 aliphatic heterocycles. The molecule has 2 aromatic rings. The molecule has 1 N–H and O–H groups in total. The molecule has 6 nitrogen and oxygen atoms in total. The minimum absolute atomic E-state index is 0.0156. The number of likely N-dealkylation sites (tertiary alicyclic amines) is 1. The Kier molecular flexibility index (Phi) is 4.37. The van der Waals surface area contributed by atoms with E-state index in [4.69, 9.17) is 11.6 Å². The number of aryl methyl sites for hydroxylation is 1. The average molecular weight is 360 g/mol. The highest BCUT2D eigenvalue weighted by molar-refractivity contribution is 6.33. The second kappa shape index (κ2) is 6.67. The van der Waals surface area contributed by atoms with Gasteiger partial charge in [-0.15, -0.1) is 0 Å². The van der Waals surface area contributed by atoms with Crippen molar-refractivity contribution in [2.45, 2.75) is 37.8 Å². The summed E-state index contributed by atoms with van der Waals surface area (Å²) in [5.41, 5.74) is 0.880. The van der Waals surface area contributed by atoms with Crippen LogP contribution in [0.4, 0.5) is 5.69 Å². The molecule has 2 fully saturated rings. The van der Waals surface area contributed by atoms with Gasteiger partial charge in [0.2, 0.25) is 5.91 Å². The van der Waals surface area contributed by atoms with Crippen LogP contribution in [0.1, 0.15) is 37.5 Å². The van der Waals surface area contributed by atoms with Crippen LogP contribution < -0.4 is 5.32 Å². The summed E-state index contributed by atoms with van der Waals surface area (Å²) in [5.74, 6) is 1.52. The number of carbonyl (C=O) groups is 1. The van der Waals surface area contributed by atoms with Gasteiger partial charge in [0.05, 0.1) is 16.8 Å². The normalized spacial score (nSPS) is 23.8. The largest absolute Gasteiger partial charge is 0.383 e. The Morgan fingerprint density at radius 1 is 1.32 bits per heavy atom. The number of pyridine rings is 1. The Bertz CT molecular complexity index is 772. The molecule has 2 aliphatic rings. The van der Waals surface area contributed by atoms with Crippen LogP contribution in [0.3, 0.4) is 0 Å². The molecule has 132 valence electrons.